The highest BCUT2D eigenvalue weighted by atomic mass is 79.9. The van der Waals surface area contributed by atoms with Gasteiger partial charge in [-0.05, 0) is 24.1 Å². The molecule has 1 aromatic rings. The van der Waals surface area contributed by atoms with E-state index in [0.717, 1.165) is 16.5 Å². The lowest BCUT2D eigenvalue weighted by Gasteiger charge is -2.19. The van der Waals surface area contributed by atoms with Crippen molar-refractivity contribution in [1.29, 1.82) is 0 Å². The number of hydrogen-bond donors (Lipinski definition) is 2. The second-order valence-corrected chi connectivity index (χ2v) is 5.10. The lowest BCUT2D eigenvalue weighted by molar-refractivity contribution is 0.161. The third kappa shape index (κ3) is 2.30. The second-order valence-electron chi connectivity index (χ2n) is 4.18. The highest BCUT2D eigenvalue weighted by Gasteiger charge is 2.56. The third-order valence-corrected chi connectivity index (χ3v) is 3.67. The molecule has 0 heterocycles. The molecule has 0 spiro atoms. The van der Waals surface area contributed by atoms with E-state index in [9.17, 15) is 9.90 Å². The first-order valence-electron chi connectivity index (χ1n) is 5.35. The Morgan fingerprint density at radius 2 is 2.47 bits per heavy atom. The minimum atomic E-state index is -0.481. The van der Waals surface area contributed by atoms with Crippen LogP contribution < -0.4 is 5.32 Å². The van der Waals surface area contributed by atoms with Gasteiger partial charge >= 0.3 is 6.09 Å². The molecule has 92 valence electrons. The number of benzene rings is 1. The number of aliphatic hydroxyl groups is 1. The zero-order valence-electron chi connectivity index (χ0n) is 9.44. The van der Waals surface area contributed by atoms with Crippen molar-refractivity contribution in [3.8, 4) is 0 Å². The zero-order valence-corrected chi connectivity index (χ0v) is 11.0. The van der Waals surface area contributed by atoms with Crippen LogP contribution in [0.1, 0.15) is 12.0 Å². The van der Waals surface area contributed by atoms with Crippen LogP contribution in [0.15, 0.2) is 28.7 Å². The van der Waals surface area contributed by atoms with Crippen LogP contribution >= 0.6 is 15.9 Å². The fourth-order valence-corrected chi connectivity index (χ4v) is 2.53. The van der Waals surface area contributed by atoms with Crippen LogP contribution in [-0.4, -0.2) is 24.9 Å². The number of rotatable bonds is 3. The molecule has 2 atom stereocenters. The van der Waals surface area contributed by atoms with E-state index in [4.69, 9.17) is 0 Å². The number of halogens is 1. The number of carbonyl (C=O) groups excluding carboxylic acids is 1. The van der Waals surface area contributed by atoms with Crippen molar-refractivity contribution in [2.45, 2.75) is 12.0 Å². The number of methoxy groups -OCH3 is 1. The van der Waals surface area contributed by atoms with Crippen molar-refractivity contribution in [3.63, 3.8) is 0 Å². The minimum absolute atomic E-state index is 0.0518. The molecule has 5 heteroatoms. The van der Waals surface area contributed by atoms with Crippen molar-refractivity contribution >= 4 is 22.0 Å². The topological polar surface area (TPSA) is 58.6 Å². The molecule has 2 unspecified atom stereocenters. The lowest BCUT2D eigenvalue weighted by Crippen LogP contribution is -2.37. The van der Waals surface area contributed by atoms with E-state index in [2.05, 4.69) is 26.0 Å². The van der Waals surface area contributed by atoms with Crippen LogP contribution in [0.25, 0.3) is 0 Å². The molecule has 0 aliphatic heterocycles. The Labute approximate surface area is 108 Å². The summed E-state index contributed by atoms with van der Waals surface area (Å²) < 4.78 is 5.58. The molecule has 1 amide bonds. The maximum absolute atomic E-state index is 11.4. The van der Waals surface area contributed by atoms with Crippen LogP contribution in [0.5, 0.6) is 0 Å². The summed E-state index contributed by atoms with van der Waals surface area (Å²) in [7, 11) is 1.33. The zero-order chi connectivity index (χ0) is 12.5. The van der Waals surface area contributed by atoms with Crippen molar-refractivity contribution < 1.29 is 14.6 Å². The number of alkyl carbamates (subject to hydrolysis) is 1. The van der Waals surface area contributed by atoms with E-state index in [1.165, 1.54) is 7.11 Å². The quantitative estimate of drug-likeness (QED) is 0.898. The van der Waals surface area contributed by atoms with Gasteiger partial charge in [0.05, 0.1) is 12.6 Å². The van der Waals surface area contributed by atoms with Gasteiger partial charge in [-0.3, -0.25) is 0 Å². The standard InChI is InChI=1S/C12H14BrNO3/c1-17-11(16)14-12(6-9(12)7-15)8-3-2-4-10(13)5-8/h2-5,9,15H,6-7H2,1H3,(H,14,16). The predicted molar refractivity (Wildman–Crippen MR) is 66.6 cm³/mol. The number of ether oxygens (including phenoxy) is 1. The monoisotopic (exact) mass is 299 g/mol. The van der Waals surface area contributed by atoms with Crippen LogP contribution in [0.3, 0.4) is 0 Å². The lowest BCUT2D eigenvalue weighted by atomic mass is 10.0. The average molecular weight is 300 g/mol. The fraction of sp³-hybridized carbons (Fsp3) is 0.417. The molecule has 1 aliphatic rings. The van der Waals surface area contributed by atoms with Gasteiger partial charge in [-0.25, -0.2) is 4.79 Å². The summed E-state index contributed by atoms with van der Waals surface area (Å²) in [5, 5.41) is 12.1. The molecule has 17 heavy (non-hydrogen) atoms. The van der Waals surface area contributed by atoms with Crippen LogP contribution in [0.2, 0.25) is 0 Å². The van der Waals surface area contributed by atoms with E-state index in [-0.39, 0.29) is 12.5 Å². The van der Waals surface area contributed by atoms with Gasteiger partial charge in [-0.1, -0.05) is 28.1 Å². The Morgan fingerprint density at radius 1 is 1.71 bits per heavy atom. The molecule has 1 aromatic carbocycles. The van der Waals surface area contributed by atoms with Gasteiger partial charge in [0.15, 0.2) is 0 Å². The molecule has 0 bridgehead atoms. The molecule has 0 radical (unpaired) electrons. The van der Waals surface area contributed by atoms with E-state index >= 15 is 0 Å². The fourth-order valence-electron chi connectivity index (χ4n) is 2.13. The number of nitrogens with one attached hydrogen (secondary N) is 1. The third-order valence-electron chi connectivity index (χ3n) is 3.18. The van der Waals surface area contributed by atoms with Gasteiger partial charge in [0.2, 0.25) is 0 Å². The van der Waals surface area contributed by atoms with E-state index in [1.807, 2.05) is 24.3 Å². The summed E-state index contributed by atoms with van der Waals surface area (Å²) in [4.78, 5) is 11.4. The SMILES string of the molecule is COC(=O)NC1(c2cccc(Br)c2)CC1CO. The second kappa shape index (κ2) is 4.66. The molecule has 2 rings (SSSR count). The predicted octanol–water partition coefficient (Wildman–Crippen LogP) is 2.01. The van der Waals surface area contributed by atoms with E-state index < -0.39 is 11.6 Å². The number of hydrogen-bond acceptors (Lipinski definition) is 3. The van der Waals surface area contributed by atoms with Crippen molar-refractivity contribution in [2.75, 3.05) is 13.7 Å². The molecule has 1 aliphatic carbocycles. The van der Waals surface area contributed by atoms with Gasteiger partial charge in [0, 0.05) is 17.0 Å². The number of carbonyl (C=O) groups is 1. The van der Waals surface area contributed by atoms with Crippen LogP contribution in [0.4, 0.5) is 4.79 Å². The summed E-state index contributed by atoms with van der Waals surface area (Å²) in [5.74, 6) is 0.0518. The normalized spacial score (nSPS) is 26.4. The first kappa shape index (κ1) is 12.4. The van der Waals surface area contributed by atoms with Gasteiger partial charge < -0.3 is 15.2 Å². The maximum Gasteiger partial charge on any atom is 0.407 e. The van der Waals surface area contributed by atoms with Crippen molar-refractivity contribution in [2.24, 2.45) is 5.92 Å². The van der Waals surface area contributed by atoms with Gasteiger partial charge in [-0.2, -0.15) is 0 Å². The first-order chi connectivity index (χ1) is 8.12. The number of aliphatic hydroxyl groups excluding tert-OH is 1. The number of amides is 1. The van der Waals surface area contributed by atoms with Gasteiger partial charge in [0.25, 0.3) is 0 Å². The Bertz CT molecular complexity index is 438. The summed E-state index contributed by atoms with van der Waals surface area (Å²) in [6, 6.07) is 7.72. The Balaban J connectivity index is 2.27. The Morgan fingerprint density at radius 3 is 3.00 bits per heavy atom. The minimum Gasteiger partial charge on any atom is -0.453 e. The molecule has 0 aromatic heterocycles. The molecule has 1 saturated carbocycles. The molecule has 2 N–H and O–H groups in total. The summed E-state index contributed by atoms with van der Waals surface area (Å²) in [6.07, 6.45) is 0.260. The van der Waals surface area contributed by atoms with Gasteiger partial charge in [-0.15, -0.1) is 0 Å². The highest BCUT2D eigenvalue weighted by molar-refractivity contribution is 9.10. The average Bonchev–Trinajstić information content (AvgIpc) is 3.04. The largest absolute Gasteiger partial charge is 0.453 e. The first-order valence-corrected chi connectivity index (χ1v) is 6.14. The molecule has 0 saturated heterocycles. The highest BCUT2D eigenvalue weighted by Crippen LogP contribution is 2.52. The van der Waals surface area contributed by atoms with Crippen LogP contribution in [-0.2, 0) is 10.3 Å². The Hall–Kier alpha value is -1.07. The van der Waals surface area contributed by atoms with Crippen molar-refractivity contribution in [3.05, 3.63) is 34.3 Å². The molecular formula is C12H14BrNO3. The smallest absolute Gasteiger partial charge is 0.407 e. The summed E-state index contributed by atoms with van der Waals surface area (Å²) >= 11 is 3.40. The molecule has 1 fully saturated rings. The molecular weight excluding hydrogens is 286 g/mol. The summed E-state index contributed by atoms with van der Waals surface area (Å²) in [6.45, 7) is 0.0521. The maximum atomic E-state index is 11.4. The van der Waals surface area contributed by atoms with E-state index in [0.29, 0.717) is 0 Å². The van der Waals surface area contributed by atoms with Crippen LogP contribution in [0, 0.1) is 5.92 Å². The van der Waals surface area contributed by atoms with Gasteiger partial charge in [0.1, 0.15) is 0 Å². The Kier molecular flexibility index (Phi) is 3.40. The molecule has 4 nitrogen and oxygen atoms in total. The summed E-state index contributed by atoms with van der Waals surface area (Å²) in [5.41, 5.74) is 0.502. The van der Waals surface area contributed by atoms with Crippen molar-refractivity contribution in [1.82, 2.24) is 5.32 Å². The van der Waals surface area contributed by atoms with E-state index in [1.54, 1.807) is 0 Å².